The van der Waals surface area contributed by atoms with Gasteiger partial charge in [0.15, 0.2) is 16.6 Å². The van der Waals surface area contributed by atoms with Crippen LogP contribution in [0.3, 0.4) is 0 Å². The Kier molecular flexibility index (Phi) is 8.27. The number of amides is 2. The largest absolute Gasteiger partial charge is 0.497 e. The van der Waals surface area contributed by atoms with Crippen LogP contribution in [-0.4, -0.2) is 68.0 Å². The molecule has 1 fully saturated rings. The maximum absolute atomic E-state index is 13.0. The molecule has 3 aromatic heterocycles. The number of piperidine rings is 1. The maximum Gasteiger partial charge on any atom is 0.407 e. The number of ether oxygens (including phenoxy) is 2. The van der Waals surface area contributed by atoms with Gasteiger partial charge in [-0.3, -0.25) is 10.1 Å². The minimum Gasteiger partial charge on any atom is -0.497 e. The Hall–Kier alpha value is -5.69. The number of nitrogens with zero attached hydrogens (tertiary/aromatic N) is 5. The van der Waals surface area contributed by atoms with Crippen molar-refractivity contribution in [2.24, 2.45) is 0 Å². The van der Waals surface area contributed by atoms with E-state index in [-0.39, 0.29) is 11.9 Å². The predicted octanol–water partition coefficient (Wildman–Crippen LogP) is 6.70. The maximum atomic E-state index is 13.0. The number of carbonyl (C=O) groups is 2. The molecule has 0 saturated carbocycles. The van der Waals surface area contributed by atoms with Crippen LogP contribution >= 0.6 is 11.3 Å². The summed E-state index contributed by atoms with van der Waals surface area (Å²) >= 11 is 1.42. The molecule has 12 nitrogen and oxygen atoms in total. The van der Waals surface area contributed by atoms with Crippen molar-refractivity contribution in [2.45, 2.75) is 25.4 Å². The Morgan fingerprint density at radius 1 is 1.02 bits per heavy atom. The fourth-order valence-corrected chi connectivity index (χ4v) is 6.49. The van der Waals surface area contributed by atoms with E-state index < -0.39 is 6.09 Å². The third-order valence-corrected chi connectivity index (χ3v) is 8.93. The topological polar surface area (TPSA) is 144 Å². The van der Waals surface area contributed by atoms with Gasteiger partial charge in [-0.2, -0.15) is 5.10 Å². The number of benzene rings is 3. The summed E-state index contributed by atoms with van der Waals surface area (Å²) in [6.07, 6.45) is 2.28. The average molecular weight is 650 g/mol. The third-order valence-electron chi connectivity index (χ3n) is 7.98. The van der Waals surface area contributed by atoms with Gasteiger partial charge < -0.3 is 24.8 Å². The lowest BCUT2D eigenvalue weighted by Gasteiger charge is -2.31. The first-order chi connectivity index (χ1) is 22.9. The summed E-state index contributed by atoms with van der Waals surface area (Å²) in [5.41, 5.74) is 2.92. The second-order valence-corrected chi connectivity index (χ2v) is 12.2. The lowest BCUT2D eigenvalue weighted by atomic mass is 10.1. The van der Waals surface area contributed by atoms with Gasteiger partial charge in [0.2, 0.25) is 0 Å². The van der Waals surface area contributed by atoms with E-state index >= 15 is 0 Å². The van der Waals surface area contributed by atoms with Crippen molar-refractivity contribution in [3.63, 3.8) is 0 Å². The zero-order chi connectivity index (χ0) is 32.3. The molecule has 2 amide bonds. The van der Waals surface area contributed by atoms with Gasteiger partial charge in [-0.05, 0) is 66.9 Å². The Labute approximate surface area is 273 Å². The van der Waals surface area contributed by atoms with Gasteiger partial charge in [0, 0.05) is 37.0 Å². The van der Waals surface area contributed by atoms with Gasteiger partial charge in [0.25, 0.3) is 5.91 Å². The van der Waals surface area contributed by atoms with Crippen LogP contribution in [-0.2, 0) is 6.54 Å². The molecule has 238 valence electrons. The van der Waals surface area contributed by atoms with Crippen LogP contribution in [0.25, 0.3) is 21.3 Å². The average Bonchev–Trinajstić information content (AvgIpc) is 3.66. The number of hydrogen-bond donors (Lipinski definition) is 3. The highest BCUT2D eigenvalue weighted by molar-refractivity contribution is 7.22. The fourth-order valence-electron chi connectivity index (χ4n) is 5.63. The number of fused-ring (bicyclic) bond motifs is 2. The predicted molar refractivity (Wildman–Crippen MR) is 180 cm³/mol. The van der Waals surface area contributed by atoms with Crippen LogP contribution in [0.4, 0.5) is 15.7 Å². The summed E-state index contributed by atoms with van der Waals surface area (Å²) < 4.78 is 14.5. The molecule has 3 aromatic carbocycles. The smallest absolute Gasteiger partial charge is 0.407 e. The number of pyridine rings is 1. The molecule has 0 radical (unpaired) electrons. The molecule has 1 aliphatic rings. The number of hydrogen-bond acceptors (Lipinski definition) is 9. The standard InChI is InChI=1S/C34H31N7O5S/c1-45-24-12-8-21(9-13-24)19-41-31-29(30(39-41)36-23-5-4-18-40(20-23)34(43)44)27(16-17-35-31)46-25-14-10-22(11-15-25)32(42)38-33-37-26-6-2-3-7-28(26)47-33/h2-3,6-17,23H,4-5,18-20H2,1H3,(H,36,39)(H,43,44)(H,37,38,42)/t23-/m1/s1. The van der Waals surface area contributed by atoms with E-state index in [1.54, 1.807) is 48.3 Å². The zero-order valence-corrected chi connectivity index (χ0v) is 26.2. The summed E-state index contributed by atoms with van der Waals surface area (Å²) in [4.78, 5) is 35.2. The van der Waals surface area contributed by atoms with E-state index in [2.05, 4.69) is 20.6 Å². The van der Waals surface area contributed by atoms with Gasteiger partial charge in [-0.1, -0.05) is 35.6 Å². The van der Waals surface area contributed by atoms with Crippen LogP contribution < -0.4 is 20.1 Å². The number of likely N-dealkylation sites (tertiary alicyclic amines) is 1. The molecule has 7 rings (SSSR count). The van der Waals surface area contributed by atoms with Gasteiger partial charge in [0.1, 0.15) is 22.6 Å². The van der Waals surface area contributed by atoms with E-state index in [0.717, 1.165) is 34.4 Å². The summed E-state index contributed by atoms with van der Waals surface area (Å²) in [5, 5.41) is 22.0. The van der Waals surface area contributed by atoms with Crippen LogP contribution in [0.1, 0.15) is 28.8 Å². The van der Waals surface area contributed by atoms with Gasteiger partial charge >= 0.3 is 6.09 Å². The molecule has 0 aliphatic carbocycles. The van der Waals surface area contributed by atoms with Gasteiger partial charge in [0.05, 0.1) is 23.9 Å². The second kappa shape index (κ2) is 13.0. The molecule has 1 aliphatic heterocycles. The molecule has 3 N–H and O–H groups in total. The van der Waals surface area contributed by atoms with Crippen molar-refractivity contribution in [3.8, 4) is 17.2 Å². The SMILES string of the molecule is COc1ccc(Cn2nc(N[C@@H]3CCCN(C(=O)O)C3)c3c(Oc4ccc(C(=O)Nc5nc6ccccc6s5)cc4)ccnc32)cc1. The molecule has 4 heterocycles. The molecule has 47 heavy (non-hydrogen) atoms. The minimum atomic E-state index is -0.936. The Morgan fingerprint density at radius 3 is 2.57 bits per heavy atom. The van der Waals surface area contributed by atoms with Crippen molar-refractivity contribution < 1.29 is 24.2 Å². The first kappa shape index (κ1) is 30.0. The lowest BCUT2D eigenvalue weighted by Crippen LogP contribution is -2.44. The minimum absolute atomic E-state index is 0.131. The number of thiazole rings is 1. The first-order valence-corrected chi connectivity index (χ1v) is 15.9. The Balaban J connectivity index is 1.15. The number of methoxy groups -OCH3 is 1. The number of carbonyl (C=O) groups excluding carboxylic acids is 1. The third kappa shape index (κ3) is 6.51. The molecule has 6 aromatic rings. The van der Waals surface area contributed by atoms with E-state index in [0.29, 0.717) is 58.7 Å². The van der Waals surface area contributed by atoms with Crippen molar-refractivity contribution >= 4 is 55.5 Å². The summed E-state index contributed by atoms with van der Waals surface area (Å²) in [6, 6.07) is 24.0. The number of aromatic nitrogens is 4. The van der Waals surface area contributed by atoms with E-state index in [1.807, 2.05) is 48.5 Å². The second-order valence-electron chi connectivity index (χ2n) is 11.1. The Bertz CT molecular complexity index is 2030. The molecular weight excluding hydrogens is 618 g/mol. The number of rotatable bonds is 9. The highest BCUT2D eigenvalue weighted by Crippen LogP contribution is 2.35. The highest BCUT2D eigenvalue weighted by atomic mass is 32.1. The van der Waals surface area contributed by atoms with Crippen molar-refractivity contribution in [3.05, 3.63) is 96.2 Å². The molecular formula is C34H31N7O5S. The fraction of sp³-hybridized carbons (Fsp3) is 0.206. The number of nitrogens with one attached hydrogen (secondary N) is 2. The Morgan fingerprint density at radius 2 is 1.81 bits per heavy atom. The van der Waals surface area contributed by atoms with Gasteiger partial charge in [-0.15, -0.1) is 0 Å². The van der Waals surface area contributed by atoms with Gasteiger partial charge in [-0.25, -0.2) is 19.4 Å². The normalized spacial score (nSPS) is 14.7. The zero-order valence-electron chi connectivity index (χ0n) is 25.4. The van der Waals surface area contributed by atoms with E-state index in [9.17, 15) is 14.7 Å². The number of para-hydroxylation sites is 1. The first-order valence-electron chi connectivity index (χ1n) is 15.1. The van der Waals surface area contributed by atoms with Crippen molar-refractivity contribution in [1.29, 1.82) is 0 Å². The molecule has 0 bridgehead atoms. The van der Waals surface area contributed by atoms with Crippen molar-refractivity contribution in [2.75, 3.05) is 30.8 Å². The van der Waals surface area contributed by atoms with Crippen LogP contribution in [0, 0.1) is 0 Å². The number of anilines is 2. The summed E-state index contributed by atoms with van der Waals surface area (Å²) in [5.74, 6) is 2.10. The summed E-state index contributed by atoms with van der Waals surface area (Å²) in [6.45, 7) is 1.30. The molecule has 1 saturated heterocycles. The van der Waals surface area contributed by atoms with E-state index in [1.165, 1.54) is 16.2 Å². The van der Waals surface area contributed by atoms with Crippen LogP contribution in [0.5, 0.6) is 17.2 Å². The molecule has 1 atom stereocenters. The molecule has 0 spiro atoms. The van der Waals surface area contributed by atoms with E-state index in [4.69, 9.17) is 14.6 Å². The monoisotopic (exact) mass is 649 g/mol. The van der Waals surface area contributed by atoms with Crippen LogP contribution in [0.2, 0.25) is 0 Å². The highest BCUT2D eigenvalue weighted by Gasteiger charge is 2.26. The lowest BCUT2D eigenvalue weighted by molar-refractivity contribution is 0.102. The van der Waals surface area contributed by atoms with Crippen LogP contribution in [0.15, 0.2) is 85.1 Å². The quantitative estimate of drug-likeness (QED) is 0.156. The molecule has 13 heteroatoms. The number of carboxylic acid groups (broad SMARTS) is 1. The molecule has 0 unspecified atom stereocenters. The van der Waals surface area contributed by atoms with Crippen molar-refractivity contribution in [1.82, 2.24) is 24.6 Å². The summed E-state index contributed by atoms with van der Waals surface area (Å²) in [7, 11) is 1.63.